The van der Waals surface area contributed by atoms with E-state index in [9.17, 15) is 9.59 Å². The van der Waals surface area contributed by atoms with Crippen molar-refractivity contribution in [1.29, 1.82) is 0 Å². The van der Waals surface area contributed by atoms with Crippen molar-refractivity contribution in [2.24, 2.45) is 0 Å². The second-order valence-electron chi connectivity index (χ2n) is 4.83. The number of urea groups is 1. The van der Waals surface area contributed by atoms with Gasteiger partial charge in [-0.3, -0.25) is 10.1 Å². The highest BCUT2D eigenvalue weighted by Crippen LogP contribution is 2.35. The molecule has 1 unspecified atom stereocenters. The molecule has 1 aromatic carbocycles. The van der Waals surface area contributed by atoms with Gasteiger partial charge in [-0.05, 0) is 29.5 Å². The molecule has 1 atom stereocenters. The van der Waals surface area contributed by atoms with Gasteiger partial charge in [-0.15, -0.1) is 10.2 Å². The summed E-state index contributed by atoms with van der Waals surface area (Å²) in [6.07, 6.45) is 1.50. The third-order valence-corrected chi connectivity index (χ3v) is 4.25. The minimum absolute atomic E-state index is 0.187. The molecule has 0 aliphatic rings. The predicted octanol–water partition coefficient (Wildman–Crippen LogP) is 2.62. The lowest BCUT2D eigenvalue weighted by molar-refractivity contribution is -0.119. The Morgan fingerprint density at radius 3 is 2.60 bits per heavy atom. The van der Waals surface area contributed by atoms with E-state index < -0.39 is 17.2 Å². The number of thioether (sulfide) groups is 1. The molecule has 9 heteroatoms. The Morgan fingerprint density at radius 2 is 1.92 bits per heavy atom. The van der Waals surface area contributed by atoms with Crippen LogP contribution in [0.3, 0.4) is 0 Å². The summed E-state index contributed by atoms with van der Waals surface area (Å²) in [4.78, 5) is 23.9. The standard InChI is InChI=1S/C16H14N4O4S/c1-17-15(22)18-13(21)12(10-6-3-2-4-7-10)25-16-20-19-14(24-16)11-8-5-9-23-11/h2-9,12H,1H3,(H2,17,18,21,22). The second kappa shape index (κ2) is 7.67. The maximum Gasteiger partial charge on any atom is 0.321 e. The number of carbonyl (C=O) groups is 2. The first-order valence-corrected chi connectivity index (χ1v) is 8.17. The highest BCUT2D eigenvalue weighted by Gasteiger charge is 2.26. The molecule has 0 aliphatic heterocycles. The molecule has 3 aromatic rings. The molecule has 3 rings (SSSR count). The molecule has 0 radical (unpaired) electrons. The molecule has 0 bridgehead atoms. The molecule has 8 nitrogen and oxygen atoms in total. The van der Waals surface area contributed by atoms with Gasteiger partial charge in [0.15, 0.2) is 5.76 Å². The molecule has 0 saturated carbocycles. The van der Waals surface area contributed by atoms with Gasteiger partial charge in [0.25, 0.3) is 11.1 Å². The maximum atomic E-state index is 12.5. The summed E-state index contributed by atoms with van der Waals surface area (Å²) in [5, 5.41) is 11.9. The summed E-state index contributed by atoms with van der Waals surface area (Å²) < 4.78 is 10.7. The van der Waals surface area contributed by atoms with Crippen LogP contribution in [0, 0.1) is 0 Å². The summed E-state index contributed by atoms with van der Waals surface area (Å²) in [5.41, 5.74) is 0.701. The fraction of sp³-hybridized carbons (Fsp3) is 0.125. The lowest BCUT2D eigenvalue weighted by Crippen LogP contribution is -2.39. The lowest BCUT2D eigenvalue weighted by atomic mass is 10.1. The number of imide groups is 1. The van der Waals surface area contributed by atoms with Gasteiger partial charge in [0.2, 0.25) is 5.91 Å². The maximum absolute atomic E-state index is 12.5. The van der Waals surface area contributed by atoms with Crippen molar-refractivity contribution in [1.82, 2.24) is 20.8 Å². The van der Waals surface area contributed by atoms with Crippen molar-refractivity contribution in [3.63, 3.8) is 0 Å². The van der Waals surface area contributed by atoms with E-state index in [1.807, 2.05) is 6.07 Å². The first-order chi connectivity index (χ1) is 12.2. The second-order valence-corrected chi connectivity index (χ2v) is 5.88. The summed E-state index contributed by atoms with van der Waals surface area (Å²) in [5.74, 6) is 0.157. The van der Waals surface area contributed by atoms with Gasteiger partial charge in [0, 0.05) is 7.05 Å². The van der Waals surface area contributed by atoms with Crippen LogP contribution in [0.15, 0.2) is 62.8 Å². The highest BCUT2D eigenvalue weighted by atomic mass is 32.2. The SMILES string of the molecule is CNC(=O)NC(=O)C(Sc1nnc(-c2ccco2)o1)c1ccccc1. The highest BCUT2D eigenvalue weighted by molar-refractivity contribution is 8.00. The molecule has 3 amide bonds. The minimum Gasteiger partial charge on any atom is -0.459 e. The Morgan fingerprint density at radius 1 is 1.12 bits per heavy atom. The molecular weight excluding hydrogens is 344 g/mol. The monoisotopic (exact) mass is 358 g/mol. The first-order valence-electron chi connectivity index (χ1n) is 7.29. The van der Waals surface area contributed by atoms with Gasteiger partial charge in [-0.2, -0.15) is 0 Å². The fourth-order valence-corrected chi connectivity index (χ4v) is 2.87. The fourth-order valence-electron chi connectivity index (χ4n) is 2.00. The average Bonchev–Trinajstić information content (AvgIpc) is 3.31. The van der Waals surface area contributed by atoms with Crippen molar-refractivity contribution in [2.75, 3.05) is 7.05 Å². The molecule has 0 fully saturated rings. The Kier molecular flexibility index (Phi) is 5.14. The zero-order chi connectivity index (χ0) is 17.6. The van der Waals surface area contributed by atoms with Crippen molar-refractivity contribution in [2.45, 2.75) is 10.5 Å². The zero-order valence-corrected chi connectivity index (χ0v) is 13.9. The van der Waals surface area contributed by atoms with Crippen LogP contribution in [-0.4, -0.2) is 29.2 Å². The smallest absolute Gasteiger partial charge is 0.321 e. The number of carbonyl (C=O) groups excluding carboxylic acids is 2. The molecule has 0 aliphatic carbocycles. The number of hydrogen-bond donors (Lipinski definition) is 2. The van der Waals surface area contributed by atoms with Crippen molar-refractivity contribution in [3.8, 4) is 11.7 Å². The number of nitrogens with zero attached hydrogens (tertiary/aromatic N) is 2. The Labute approximate surface area is 147 Å². The number of nitrogens with one attached hydrogen (secondary N) is 2. The largest absolute Gasteiger partial charge is 0.459 e. The summed E-state index contributed by atoms with van der Waals surface area (Å²) in [7, 11) is 1.43. The molecule has 25 heavy (non-hydrogen) atoms. The Bertz CT molecular complexity index is 848. The van der Waals surface area contributed by atoms with E-state index in [2.05, 4.69) is 20.8 Å². The average molecular weight is 358 g/mol. The van der Waals surface area contributed by atoms with Crippen LogP contribution in [0.5, 0.6) is 0 Å². The number of rotatable bonds is 5. The number of benzene rings is 1. The summed E-state index contributed by atoms with van der Waals surface area (Å²) in [6.45, 7) is 0. The van der Waals surface area contributed by atoms with Crippen molar-refractivity contribution in [3.05, 3.63) is 54.3 Å². The molecule has 128 valence electrons. The summed E-state index contributed by atoms with van der Waals surface area (Å²) >= 11 is 1.05. The topological polar surface area (TPSA) is 110 Å². The lowest BCUT2D eigenvalue weighted by Gasteiger charge is -2.14. The molecule has 2 N–H and O–H groups in total. The van der Waals surface area contributed by atoms with E-state index in [-0.39, 0.29) is 11.1 Å². The number of aromatic nitrogens is 2. The van der Waals surface area contributed by atoms with Crippen LogP contribution in [0.4, 0.5) is 4.79 Å². The molecular formula is C16H14N4O4S. The van der Waals surface area contributed by atoms with E-state index >= 15 is 0 Å². The normalized spacial score (nSPS) is 11.7. The molecule has 2 heterocycles. The van der Waals surface area contributed by atoms with Crippen LogP contribution < -0.4 is 10.6 Å². The van der Waals surface area contributed by atoms with Crippen molar-refractivity contribution < 1.29 is 18.4 Å². The number of amides is 3. The van der Waals surface area contributed by atoms with E-state index in [0.29, 0.717) is 11.3 Å². The first kappa shape index (κ1) is 16.8. The van der Waals surface area contributed by atoms with Gasteiger partial charge in [0.05, 0.1) is 6.26 Å². The predicted molar refractivity (Wildman–Crippen MR) is 89.6 cm³/mol. The van der Waals surface area contributed by atoms with Crippen LogP contribution in [0.25, 0.3) is 11.7 Å². The molecule has 0 saturated heterocycles. The quantitative estimate of drug-likeness (QED) is 0.675. The zero-order valence-electron chi connectivity index (χ0n) is 13.1. The van der Waals surface area contributed by atoms with E-state index in [0.717, 1.165) is 11.8 Å². The van der Waals surface area contributed by atoms with Crippen LogP contribution in [0.1, 0.15) is 10.8 Å². The van der Waals surface area contributed by atoms with Crippen molar-refractivity contribution >= 4 is 23.7 Å². The van der Waals surface area contributed by atoms with Gasteiger partial charge >= 0.3 is 6.03 Å². The van der Waals surface area contributed by atoms with Gasteiger partial charge in [0.1, 0.15) is 5.25 Å². The van der Waals surface area contributed by atoms with Crippen LogP contribution in [-0.2, 0) is 4.79 Å². The van der Waals surface area contributed by atoms with E-state index in [4.69, 9.17) is 8.83 Å². The minimum atomic E-state index is -0.733. The molecule has 0 spiro atoms. The van der Waals surface area contributed by atoms with Gasteiger partial charge < -0.3 is 14.2 Å². The summed E-state index contributed by atoms with van der Waals surface area (Å²) in [6, 6.07) is 11.8. The number of hydrogen-bond acceptors (Lipinski definition) is 7. The molecule has 2 aromatic heterocycles. The third kappa shape index (κ3) is 4.07. The van der Waals surface area contributed by atoms with Crippen LogP contribution >= 0.6 is 11.8 Å². The van der Waals surface area contributed by atoms with Gasteiger partial charge in [-0.25, -0.2) is 4.79 Å². The van der Waals surface area contributed by atoms with Gasteiger partial charge in [-0.1, -0.05) is 30.3 Å². The van der Waals surface area contributed by atoms with Crippen LogP contribution in [0.2, 0.25) is 0 Å². The number of furan rings is 1. The van der Waals surface area contributed by atoms with E-state index in [1.165, 1.54) is 13.3 Å². The third-order valence-electron chi connectivity index (χ3n) is 3.16. The Hall–Kier alpha value is -3.07. The van der Waals surface area contributed by atoms with E-state index in [1.54, 1.807) is 36.4 Å². The Balaban J connectivity index is 1.82.